The Morgan fingerprint density at radius 3 is 3.00 bits per heavy atom. The zero-order valence-electron chi connectivity index (χ0n) is 13.9. The van der Waals surface area contributed by atoms with E-state index in [2.05, 4.69) is 46.7 Å². The molecule has 3 N–H and O–H groups in total. The van der Waals surface area contributed by atoms with Gasteiger partial charge in [0, 0.05) is 42.2 Å². The molecule has 5 heteroatoms. The highest BCUT2D eigenvalue weighted by atomic mass is 16.5. The van der Waals surface area contributed by atoms with Gasteiger partial charge in [0.15, 0.2) is 0 Å². The largest absolute Gasteiger partial charge is 0.380 e. The standard InChI is InChI=1S/C18H26N4O/c1-11-9-13(5-8-23-11)14-10-21-18-17(14)16(4-7-20-18)22-15-3-6-19-12(15)2/h4,7,10-13,15,19H,3,5-6,8-9H2,1-2H3,(H2,20,21,22)/t11?,12-,13?,15-/m1/s1. The van der Waals surface area contributed by atoms with Crippen molar-refractivity contribution in [1.82, 2.24) is 15.3 Å². The van der Waals surface area contributed by atoms with Crippen LogP contribution in [0.3, 0.4) is 0 Å². The Balaban J connectivity index is 1.68. The van der Waals surface area contributed by atoms with Gasteiger partial charge in [-0.15, -0.1) is 0 Å². The molecule has 2 aliphatic rings. The monoisotopic (exact) mass is 314 g/mol. The van der Waals surface area contributed by atoms with Crippen molar-refractivity contribution in [3.05, 3.63) is 24.0 Å². The first-order valence-corrected chi connectivity index (χ1v) is 8.80. The van der Waals surface area contributed by atoms with Crippen molar-refractivity contribution in [2.75, 3.05) is 18.5 Å². The lowest BCUT2D eigenvalue weighted by molar-refractivity contribution is 0.0189. The fourth-order valence-electron chi connectivity index (χ4n) is 4.06. The zero-order chi connectivity index (χ0) is 15.8. The number of pyridine rings is 1. The molecule has 2 saturated heterocycles. The highest BCUT2D eigenvalue weighted by Gasteiger charge is 2.27. The van der Waals surface area contributed by atoms with Gasteiger partial charge in [0.25, 0.3) is 0 Å². The summed E-state index contributed by atoms with van der Waals surface area (Å²) in [6.45, 7) is 6.36. The average Bonchev–Trinajstić information content (AvgIpc) is 3.15. The smallest absolute Gasteiger partial charge is 0.139 e. The quantitative estimate of drug-likeness (QED) is 0.815. The van der Waals surface area contributed by atoms with E-state index in [0.29, 0.717) is 24.1 Å². The predicted molar refractivity (Wildman–Crippen MR) is 93.0 cm³/mol. The molecule has 0 radical (unpaired) electrons. The molecule has 2 aromatic heterocycles. The minimum Gasteiger partial charge on any atom is -0.380 e. The third-order valence-corrected chi connectivity index (χ3v) is 5.40. The van der Waals surface area contributed by atoms with Crippen molar-refractivity contribution in [1.29, 1.82) is 0 Å². The Kier molecular flexibility index (Phi) is 3.99. The number of anilines is 1. The van der Waals surface area contributed by atoms with E-state index in [1.807, 2.05) is 6.20 Å². The van der Waals surface area contributed by atoms with E-state index in [1.165, 1.54) is 23.1 Å². The molecular formula is C18H26N4O. The summed E-state index contributed by atoms with van der Waals surface area (Å²) >= 11 is 0. The molecule has 0 amide bonds. The average molecular weight is 314 g/mol. The summed E-state index contributed by atoms with van der Waals surface area (Å²) in [4.78, 5) is 7.90. The van der Waals surface area contributed by atoms with Crippen LogP contribution in [0.4, 0.5) is 5.69 Å². The number of aromatic nitrogens is 2. The highest BCUT2D eigenvalue weighted by molar-refractivity contribution is 5.93. The third kappa shape index (κ3) is 2.83. The first-order valence-electron chi connectivity index (χ1n) is 8.80. The SMILES string of the molecule is CC1CC(c2c[nH]c3nccc(N[C@@H]4CCN[C@@H]4C)c23)CCO1. The first kappa shape index (κ1) is 15.0. The van der Waals surface area contributed by atoms with Gasteiger partial charge in [-0.2, -0.15) is 0 Å². The Labute approximate surface area is 137 Å². The lowest BCUT2D eigenvalue weighted by atomic mass is 9.88. The molecule has 0 bridgehead atoms. The number of H-pyrrole nitrogens is 1. The minimum atomic E-state index is 0.339. The van der Waals surface area contributed by atoms with Crippen LogP contribution >= 0.6 is 0 Å². The van der Waals surface area contributed by atoms with E-state index < -0.39 is 0 Å². The molecule has 0 aromatic carbocycles. The number of nitrogens with zero attached hydrogens (tertiary/aromatic N) is 1. The molecule has 23 heavy (non-hydrogen) atoms. The van der Waals surface area contributed by atoms with Crippen molar-refractivity contribution in [3.8, 4) is 0 Å². The summed E-state index contributed by atoms with van der Waals surface area (Å²) in [6, 6.07) is 3.11. The van der Waals surface area contributed by atoms with Crippen LogP contribution in [0, 0.1) is 0 Å². The maximum atomic E-state index is 5.72. The van der Waals surface area contributed by atoms with Gasteiger partial charge in [0.2, 0.25) is 0 Å². The van der Waals surface area contributed by atoms with Crippen molar-refractivity contribution in [2.45, 2.75) is 57.2 Å². The fraction of sp³-hybridized carbons (Fsp3) is 0.611. The number of rotatable bonds is 3. The van der Waals surface area contributed by atoms with Gasteiger partial charge in [-0.25, -0.2) is 4.98 Å². The molecule has 2 unspecified atom stereocenters. The number of hydrogen-bond donors (Lipinski definition) is 3. The second-order valence-corrected chi connectivity index (χ2v) is 7.01. The van der Waals surface area contributed by atoms with Crippen LogP contribution in [-0.4, -0.2) is 41.3 Å². The Morgan fingerprint density at radius 2 is 2.22 bits per heavy atom. The van der Waals surface area contributed by atoms with Crippen molar-refractivity contribution in [3.63, 3.8) is 0 Å². The van der Waals surface area contributed by atoms with E-state index in [1.54, 1.807) is 0 Å². The van der Waals surface area contributed by atoms with Crippen molar-refractivity contribution >= 4 is 16.7 Å². The van der Waals surface area contributed by atoms with E-state index in [-0.39, 0.29) is 0 Å². The topological polar surface area (TPSA) is 62.0 Å². The van der Waals surface area contributed by atoms with Crippen molar-refractivity contribution < 1.29 is 4.74 Å². The van der Waals surface area contributed by atoms with E-state index >= 15 is 0 Å². The number of aromatic amines is 1. The number of nitrogens with one attached hydrogen (secondary N) is 3. The van der Waals surface area contributed by atoms with Crippen LogP contribution in [-0.2, 0) is 4.74 Å². The van der Waals surface area contributed by atoms with Crippen LogP contribution in [0.2, 0.25) is 0 Å². The maximum absolute atomic E-state index is 5.72. The molecule has 5 nitrogen and oxygen atoms in total. The molecule has 2 fully saturated rings. The second kappa shape index (κ2) is 6.13. The molecule has 2 aromatic rings. The minimum absolute atomic E-state index is 0.339. The number of hydrogen-bond acceptors (Lipinski definition) is 4. The summed E-state index contributed by atoms with van der Waals surface area (Å²) < 4.78 is 5.72. The van der Waals surface area contributed by atoms with Crippen LogP contribution in [0.1, 0.15) is 44.6 Å². The van der Waals surface area contributed by atoms with Gasteiger partial charge in [-0.05, 0) is 57.2 Å². The van der Waals surface area contributed by atoms with Gasteiger partial charge < -0.3 is 20.4 Å². The van der Waals surface area contributed by atoms with Crippen molar-refractivity contribution in [2.24, 2.45) is 0 Å². The van der Waals surface area contributed by atoms with Gasteiger partial charge in [0.05, 0.1) is 6.10 Å². The predicted octanol–water partition coefficient (Wildman–Crippen LogP) is 3.01. The maximum Gasteiger partial charge on any atom is 0.139 e. The van der Waals surface area contributed by atoms with Crippen LogP contribution in [0.5, 0.6) is 0 Å². The molecular weight excluding hydrogens is 288 g/mol. The van der Waals surface area contributed by atoms with E-state index in [4.69, 9.17) is 4.74 Å². The molecule has 4 rings (SSSR count). The van der Waals surface area contributed by atoms with Crippen LogP contribution in [0.25, 0.3) is 11.0 Å². The summed E-state index contributed by atoms with van der Waals surface area (Å²) in [5, 5.41) is 8.54. The van der Waals surface area contributed by atoms with Crippen LogP contribution < -0.4 is 10.6 Å². The van der Waals surface area contributed by atoms with E-state index in [0.717, 1.165) is 31.6 Å². The molecule has 0 spiro atoms. The Bertz CT molecular complexity index is 683. The Morgan fingerprint density at radius 1 is 1.30 bits per heavy atom. The van der Waals surface area contributed by atoms with Gasteiger partial charge in [-0.1, -0.05) is 0 Å². The third-order valence-electron chi connectivity index (χ3n) is 5.40. The molecule has 0 saturated carbocycles. The molecule has 124 valence electrons. The molecule has 4 atom stereocenters. The molecule has 4 heterocycles. The lowest BCUT2D eigenvalue weighted by Crippen LogP contribution is -2.32. The number of fused-ring (bicyclic) bond motifs is 1. The zero-order valence-corrected chi connectivity index (χ0v) is 13.9. The molecule has 0 aliphatic carbocycles. The first-order chi connectivity index (χ1) is 11.2. The van der Waals surface area contributed by atoms with Gasteiger partial charge in [-0.3, -0.25) is 0 Å². The summed E-state index contributed by atoms with van der Waals surface area (Å²) in [6.07, 6.45) is 7.73. The Hall–Kier alpha value is -1.59. The lowest BCUT2D eigenvalue weighted by Gasteiger charge is -2.27. The second-order valence-electron chi connectivity index (χ2n) is 7.01. The summed E-state index contributed by atoms with van der Waals surface area (Å²) in [5.41, 5.74) is 3.60. The molecule has 2 aliphatic heterocycles. The normalized spacial score (nSPS) is 31.6. The summed E-state index contributed by atoms with van der Waals surface area (Å²) in [5.74, 6) is 0.552. The number of ether oxygens (including phenoxy) is 1. The van der Waals surface area contributed by atoms with Gasteiger partial charge >= 0.3 is 0 Å². The highest BCUT2D eigenvalue weighted by Crippen LogP contribution is 2.37. The summed E-state index contributed by atoms with van der Waals surface area (Å²) in [7, 11) is 0. The van der Waals surface area contributed by atoms with E-state index in [9.17, 15) is 0 Å². The fourth-order valence-corrected chi connectivity index (χ4v) is 4.06. The van der Waals surface area contributed by atoms with Gasteiger partial charge in [0.1, 0.15) is 5.65 Å². The van der Waals surface area contributed by atoms with Crippen LogP contribution in [0.15, 0.2) is 18.5 Å².